The highest BCUT2D eigenvalue weighted by Gasteiger charge is 2.25. The van der Waals surface area contributed by atoms with Crippen molar-refractivity contribution >= 4 is 11.8 Å². The Morgan fingerprint density at radius 3 is 2.37 bits per heavy atom. The molecular formula is C22H26N2O3. The van der Waals surface area contributed by atoms with Gasteiger partial charge in [-0.3, -0.25) is 9.59 Å². The van der Waals surface area contributed by atoms with Crippen LogP contribution in [0.5, 0.6) is 5.75 Å². The molecule has 5 heteroatoms. The summed E-state index contributed by atoms with van der Waals surface area (Å²) in [5.74, 6) is 0.774. The lowest BCUT2D eigenvalue weighted by Crippen LogP contribution is -2.51. The first kappa shape index (κ1) is 19.0. The fourth-order valence-corrected chi connectivity index (χ4v) is 3.36. The maximum atomic E-state index is 12.7. The van der Waals surface area contributed by atoms with Gasteiger partial charge in [0.25, 0.3) is 5.91 Å². The molecule has 27 heavy (non-hydrogen) atoms. The zero-order valence-electron chi connectivity index (χ0n) is 16.2. The summed E-state index contributed by atoms with van der Waals surface area (Å²) in [6.45, 7) is 6.31. The van der Waals surface area contributed by atoms with Gasteiger partial charge in [-0.15, -0.1) is 0 Å². The Kier molecular flexibility index (Phi) is 5.79. The standard InChI is InChI=1S/C22H26N2O3/c1-16-7-8-17(2)19(13-16)15-21(25)23-9-11-24(12-10-23)22(26)18-5-4-6-20(14-18)27-3/h4-8,13-14H,9-12,15H2,1-3H3. The quantitative estimate of drug-likeness (QED) is 0.836. The van der Waals surface area contributed by atoms with Crippen molar-refractivity contribution in [2.75, 3.05) is 33.3 Å². The summed E-state index contributed by atoms with van der Waals surface area (Å²) in [5, 5.41) is 0. The number of carbonyl (C=O) groups excluding carboxylic acids is 2. The molecule has 1 saturated heterocycles. The number of nitrogens with zero attached hydrogens (tertiary/aromatic N) is 2. The van der Waals surface area contributed by atoms with Crippen molar-refractivity contribution in [3.8, 4) is 5.75 Å². The molecular weight excluding hydrogens is 340 g/mol. The fraction of sp³-hybridized carbons (Fsp3) is 0.364. The Labute approximate surface area is 160 Å². The van der Waals surface area contributed by atoms with Gasteiger partial charge < -0.3 is 14.5 Å². The van der Waals surface area contributed by atoms with Crippen molar-refractivity contribution in [3.63, 3.8) is 0 Å². The van der Waals surface area contributed by atoms with E-state index in [1.165, 1.54) is 0 Å². The first-order valence-corrected chi connectivity index (χ1v) is 9.25. The van der Waals surface area contributed by atoms with E-state index in [1.54, 1.807) is 24.1 Å². The van der Waals surface area contributed by atoms with E-state index in [2.05, 4.69) is 18.2 Å². The Morgan fingerprint density at radius 1 is 0.963 bits per heavy atom. The molecule has 1 fully saturated rings. The molecule has 0 N–H and O–H groups in total. The maximum Gasteiger partial charge on any atom is 0.254 e. The summed E-state index contributed by atoms with van der Waals surface area (Å²) in [6, 6.07) is 13.4. The molecule has 0 unspecified atom stereocenters. The lowest BCUT2D eigenvalue weighted by molar-refractivity contribution is -0.131. The third-order valence-corrected chi connectivity index (χ3v) is 5.08. The Balaban J connectivity index is 1.58. The summed E-state index contributed by atoms with van der Waals surface area (Å²) < 4.78 is 5.19. The normalized spacial score (nSPS) is 14.2. The summed E-state index contributed by atoms with van der Waals surface area (Å²) in [5.41, 5.74) is 4.00. The number of carbonyl (C=O) groups is 2. The number of piperazine rings is 1. The minimum atomic E-state index is -0.0180. The number of rotatable bonds is 4. The van der Waals surface area contributed by atoms with Gasteiger partial charge in [0.05, 0.1) is 13.5 Å². The molecule has 0 aliphatic carbocycles. The average molecular weight is 366 g/mol. The van der Waals surface area contributed by atoms with Gasteiger partial charge in [0.15, 0.2) is 0 Å². The second-order valence-corrected chi connectivity index (χ2v) is 7.01. The van der Waals surface area contributed by atoms with Crippen molar-refractivity contribution in [1.29, 1.82) is 0 Å². The molecule has 3 rings (SSSR count). The van der Waals surface area contributed by atoms with Gasteiger partial charge in [0.1, 0.15) is 5.75 Å². The van der Waals surface area contributed by atoms with Crippen LogP contribution in [-0.4, -0.2) is 54.9 Å². The molecule has 0 atom stereocenters. The van der Waals surface area contributed by atoms with E-state index < -0.39 is 0 Å². The molecule has 0 spiro atoms. The van der Waals surface area contributed by atoms with Crippen LogP contribution >= 0.6 is 0 Å². The van der Waals surface area contributed by atoms with Crippen molar-refractivity contribution in [1.82, 2.24) is 9.80 Å². The number of benzene rings is 2. The van der Waals surface area contributed by atoms with Crippen LogP contribution in [0.15, 0.2) is 42.5 Å². The Hall–Kier alpha value is -2.82. The number of hydrogen-bond acceptors (Lipinski definition) is 3. The number of hydrogen-bond donors (Lipinski definition) is 0. The molecule has 1 heterocycles. The molecule has 142 valence electrons. The zero-order valence-corrected chi connectivity index (χ0v) is 16.2. The van der Waals surface area contributed by atoms with Gasteiger partial charge in [-0.1, -0.05) is 29.8 Å². The molecule has 2 aromatic rings. The molecule has 0 aromatic heterocycles. The second kappa shape index (κ2) is 8.25. The van der Waals surface area contributed by atoms with Gasteiger partial charge in [0.2, 0.25) is 5.91 Å². The van der Waals surface area contributed by atoms with E-state index in [1.807, 2.05) is 30.9 Å². The van der Waals surface area contributed by atoms with Crippen LogP contribution in [0.2, 0.25) is 0 Å². The maximum absolute atomic E-state index is 12.7. The summed E-state index contributed by atoms with van der Waals surface area (Å²) in [7, 11) is 1.59. The van der Waals surface area contributed by atoms with E-state index in [0.29, 0.717) is 43.9 Å². The molecule has 1 aliphatic heterocycles. The van der Waals surface area contributed by atoms with Gasteiger partial charge in [-0.25, -0.2) is 0 Å². The van der Waals surface area contributed by atoms with Crippen LogP contribution in [0.1, 0.15) is 27.0 Å². The molecule has 0 radical (unpaired) electrons. The molecule has 0 saturated carbocycles. The van der Waals surface area contributed by atoms with E-state index in [9.17, 15) is 9.59 Å². The summed E-state index contributed by atoms with van der Waals surface area (Å²) in [4.78, 5) is 29.0. The third kappa shape index (κ3) is 4.48. The summed E-state index contributed by atoms with van der Waals surface area (Å²) >= 11 is 0. The first-order chi connectivity index (χ1) is 13.0. The van der Waals surface area contributed by atoms with E-state index in [-0.39, 0.29) is 11.8 Å². The van der Waals surface area contributed by atoms with Crippen LogP contribution in [0.3, 0.4) is 0 Å². The van der Waals surface area contributed by atoms with Crippen molar-refractivity contribution in [2.45, 2.75) is 20.3 Å². The smallest absolute Gasteiger partial charge is 0.254 e. The number of amides is 2. The predicted octanol–water partition coefficient (Wildman–Crippen LogP) is 2.84. The number of aryl methyl sites for hydroxylation is 2. The van der Waals surface area contributed by atoms with E-state index in [0.717, 1.165) is 16.7 Å². The van der Waals surface area contributed by atoms with E-state index in [4.69, 9.17) is 4.74 Å². The highest BCUT2D eigenvalue weighted by Crippen LogP contribution is 2.17. The minimum Gasteiger partial charge on any atom is -0.497 e. The summed E-state index contributed by atoms with van der Waals surface area (Å²) in [6.07, 6.45) is 0.414. The van der Waals surface area contributed by atoms with Gasteiger partial charge >= 0.3 is 0 Å². The molecule has 2 aromatic carbocycles. The van der Waals surface area contributed by atoms with Crippen LogP contribution in [0, 0.1) is 13.8 Å². The Morgan fingerprint density at radius 2 is 1.67 bits per heavy atom. The lowest BCUT2D eigenvalue weighted by atomic mass is 10.0. The molecule has 2 amide bonds. The third-order valence-electron chi connectivity index (χ3n) is 5.08. The van der Waals surface area contributed by atoms with Crippen LogP contribution in [-0.2, 0) is 11.2 Å². The number of methoxy groups -OCH3 is 1. The van der Waals surface area contributed by atoms with Crippen LogP contribution in [0.4, 0.5) is 0 Å². The Bertz CT molecular complexity index is 839. The minimum absolute atomic E-state index is 0.0180. The van der Waals surface area contributed by atoms with Crippen molar-refractivity contribution < 1.29 is 14.3 Å². The number of ether oxygens (including phenoxy) is 1. The van der Waals surface area contributed by atoms with Crippen LogP contribution in [0.25, 0.3) is 0 Å². The van der Waals surface area contributed by atoms with E-state index >= 15 is 0 Å². The highest BCUT2D eigenvalue weighted by molar-refractivity contribution is 5.94. The van der Waals surface area contributed by atoms with Gasteiger partial charge in [-0.2, -0.15) is 0 Å². The van der Waals surface area contributed by atoms with Gasteiger partial charge in [-0.05, 0) is 43.2 Å². The SMILES string of the molecule is COc1cccc(C(=O)N2CCN(C(=O)Cc3cc(C)ccc3C)CC2)c1. The van der Waals surface area contributed by atoms with Crippen LogP contribution < -0.4 is 4.74 Å². The monoisotopic (exact) mass is 366 g/mol. The zero-order chi connectivity index (χ0) is 19.4. The lowest BCUT2D eigenvalue weighted by Gasteiger charge is -2.35. The molecule has 5 nitrogen and oxygen atoms in total. The predicted molar refractivity (Wildman–Crippen MR) is 105 cm³/mol. The largest absolute Gasteiger partial charge is 0.497 e. The average Bonchev–Trinajstić information content (AvgIpc) is 2.70. The second-order valence-electron chi connectivity index (χ2n) is 7.01. The van der Waals surface area contributed by atoms with Gasteiger partial charge in [0, 0.05) is 31.7 Å². The topological polar surface area (TPSA) is 49.9 Å². The fourth-order valence-electron chi connectivity index (χ4n) is 3.36. The highest BCUT2D eigenvalue weighted by atomic mass is 16.5. The first-order valence-electron chi connectivity index (χ1n) is 9.25. The molecule has 1 aliphatic rings. The molecule has 0 bridgehead atoms. The van der Waals surface area contributed by atoms with Crippen molar-refractivity contribution in [3.05, 3.63) is 64.7 Å². The van der Waals surface area contributed by atoms with Crippen molar-refractivity contribution in [2.24, 2.45) is 0 Å².